The van der Waals surface area contributed by atoms with E-state index in [4.69, 9.17) is 4.98 Å². The smallest absolute Gasteiger partial charge is 0.138 e. The monoisotopic (exact) mass is 404 g/mol. The van der Waals surface area contributed by atoms with E-state index < -0.39 is 0 Å². The van der Waals surface area contributed by atoms with Crippen LogP contribution in [0, 0.1) is 0 Å². The zero-order valence-electron chi connectivity index (χ0n) is 17.3. The van der Waals surface area contributed by atoms with E-state index in [9.17, 15) is 0 Å². The molecule has 5 rings (SSSR count). The van der Waals surface area contributed by atoms with E-state index in [1.54, 1.807) is 0 Å². The van der Waals surface area contributed by atoms with Crippen LogP contribution in [0.1, 0.15) is 11.1 Å². The van der Waals surface area contributed by atoms with Gasteiger partial charge in [-0.15, -0.1) is 0 Å². The Morgan fingerprint density at radius 3 is 2.35 bits per heavy atom. The summed E-state index contributed by atoms with van der Waals surface area (Å²) < 4.78 is 0. The van der Waals surface area contributed by atoms with Crippen molar-refractivity contribution in [2.24, 2.45) is 0 Å². The summed E-state index contributed by atoms with van der Waals surface area (Å²) in [5.41, 5.74) is 8.13. The van der Waals surface area contributed by atoms with E-state index in [1.807, 2.05) is 30.6 Å². The number of H-pyrrole nitrogens is 1. The molecule has 0 unspecified atom stereocenters. The largest absolute Gasteiger partial charge is 0.338 e. The number of benzene rings is 3. The topological polar surface area (TPSA) is 53.6 Å². The fourth-order valence-corrected chi connectivity index (χ4v) is 3.81. The van der Waals surface area contributed by atoms with Gasteiger partial charge < -0.3 is 10.3 Å². The lowest BCUT2D eigenvalue weighted by Crippen LogP contribution is -2.16. The van der Waals surface area contributed by atoms with Crippen LogP contribution in [0.3, 0.4) is 0 Å². The first-order valence-corrected chi connectivity index (χ1v) is 10.6. The van der Waals surface area contributed by atoms with Gasteiger partial charge in [-0.25, -0.2) is 4.98 Å². The molecule has 4 heteroatoms. The van der Waals surface area contributed by atoms with Crippen molar-refractivity contribution in [2.75, 3.05) is 6.54 Å². The minimum Gasteiger partial charge on any atom is -0.338 e. The van der Waals surface area contributed by atoms with Gasteiger partial charge in [0.05, 0.1) is 11.0 Å². The van der Waals surface area contributed by atoms with Crippen molar-refractivity contribution in [1.29, 1.82) is 0 Å². The van der Waals surface area contributed by atoms with Gasteiger partial charge in [0.25, 0.3) is 0 Å². The van der Waals surface area contributed by atoms with Crippen molar-refractivity contribution < 1.29 is 0 Å². The molecule has 2 aromatic heterocycles. The molecule has 31 heavy (non-hydrogen) atoms. The van der Waals surface area contributed by atoms with Crippen molar-refractivity contribution in [3.63, 3.8) is 0 Å². The van der Waals surface area contributed by atoms with Gasteiger partial charge in [0, 0.05) is 24.5 Å². The number of hydrogen-bond acceptors (Lipinski definition) is 3. The highest BCUT2D eigenvalue weighted by Gasteiger charge is 2.07. The van der Waals surface area contributed by atoms with Gasteiger partial charge in [0.1, 0.15) is 5.82 Å². The minimum atomic E-state index is 0.849. The number of rotatable bonds is 7. The Hall–Kier alpha value is -3.76. The van der Waals surface area contributed by atoms with Crippen LogP contribution in [0.2, 0.25) is 0 Å². The van der Waals surface area contributed by atoms with E-state index in [2.05, 4.69) is 82.0 Å². The highest BCUT2D eigenvalue weighted by Crippen LogP contribution is 2.27. The van der Waals surface area contributed by atoms with Gasteiger partial charge >= 0.3 is 0 Å². The van der Waals surface area contributed by atoms with Gasteiger partial charge in [0.2, 0.25) is 0 Å². The van der Waals surface area contributed by atoms with Gasteiger partial charge in [-0.2, -0.15) is 0 Å². The highest BCUT2D eigenvalue weighted by molar-refractivity contribution is 5.80. The zero-order chi connectivity index (χ0) is 20.9. The maximum atomic E-state index is 4.74. The van der Waals surface area contributed by atoms with E-state index in [1.165, 1.54) is 22.3 Å². The molecule has 0 fully saturated rings. The van der Waals surface area contributed by atoms with Gasteiger partial charge in [0.15, 0.2) is 0 Å². The number of imidazole rings is 1. The molecule has 3 aromatic carbocycles. The Kier molecular flexibility index (Phi) is 5.54. The van der Waals surface area contributed by atoms with Crippen LogP contribution < -0.4 is 5.32 Å². The number of aromatic nitrogens is 3. The quantitative estimate of drug-likeness (QED) is 0.346. The van der Waals surface area contributed by atoms with E-state index in [0.29, 0.717) is 0 Å². The third-order valence-electron chi connectivity index (χ3n) is 5.45. The molecule has 2 heterocycles. The van der Waals surface area contributed by atoms with Gasteiger partial charge in [-0.05, 0) is 71.6 Å². The second-order valence-corrected chi connectivity index (χ2v) is 7.67. The number of hydrogen-bond donors (Lipinski definition) is 2. The Bertz CT molecular complexity index is 1260. The van der Waals surface area contributed by atoms with Crippen molar-refractivity contribution in [3.8, 4) is 22.5 Å². The van der Waals surface area contributed by atoms with Crippen molar-refractivity contribution in [1.82, 2.24) is 20.3 Å². The summed E-state index contributed by atoms with van der Waals surface area (Å²) in [6.45, 7) is 1.79. The van der Waals surface area contributed by atoms with Crippen LogP contribution in [0.25, 0.3) is 33.5 Å². The van der Waals surface area contributed by atoms with Gasteiger partial charge in [-0.1, -0.05) is 48.5 Å². The van der Waals surface area contributed by atoms with E-state index in [0.717, 1.165) is 41.9 Å². The molecule has 4 nitrogen and oxygen atoms in total. The van der Waals surface area contributed by atoms with Crippen molar-refractivity contribution in [3.05, 3.63) is 108 Å². The fraction of sp³-hybridized carbons (Fsp3) is 0.111. The molecule has 0 radical (unpaired) electrons. The normalized spacial score (nSPS) is 11.1. The molecule has 0 bridgehead atoms. The SMILES string of the molecule is c1cc(CNCCc2ccncc2)cc(-c2cccc(-c3nc4ccccc4[nH]3)c2)c1. The van der Waals surface area contributed by atoms with Crippen LogP contribution in [-0.4, -0.2) is 21.5 Å². The second-order valence-electron chi connectivity index (χ2n) is 7.67. The summed E-state index contributed by atoms with van der Waals surface area (Å²) in [5, 5.41) is 3.55. The number of fused-ring (bicyclic) bond motifs is 1. The number of nitrogens with one attached hydrogen (secondary N) is 2. The molecule has 0 aliphatic carbocycles. The van der Waals surface area contributed by atoms with E-state index in [-0.39, 0.29) is 0 Å². The molecule has 0 saturated heterocycles. The lowest BCUT2D eigenvalue weighted by atomic mass is 10.0. The predicted octanol–water partition coefficient (Wildman–Crippen LogP) is 5.62. The molecule has 0 saturated carbocycles. The van der Waals surface area contributed by atoms with Crippen molar-refractivity contribution >= 4 is 11.0 Å². The summed E-state index contributed by atoms with van der Waals surface area (Å²) in [4.78, 5) is 12.2. The Balaban J connectivity index is 1.29. The third kappa shape index (κ3) is 4.55. The van der Waals surface area contributed by atoms with Crippen LogP contribution in [0.15, 0.2) is 97.3 Å². The molecule has 0 spiro atoms. The predicted molar refractivity (Wildman–Crippen MR) is 127 cm³/mol. The maximum absolute atomic E-state index is 4.74. The summed E-state index contributed by atoms with van der Waals surface area (Å²) in [6, 6.07) is 29.5. The summed E-state index contributed by atoms with van der Waals surface area (Å²) in [7, 11) is 0. The first-order chi connectivity index (χ1) is 15.3. The third-order valence-corrected chi connectivity index (χ3v) is 5.45. The standard InChI is InChI=1S/C27H24N4/c1-2-10-26-25(9-1)30-27(31-26)24-8-4-7-23(18-24)22-6-3-5-21(17-22)19-29-16-13-20-11-14-28-15-12-20/h1-12,14-15,17-18,29H,13,16,19H2,(H,30,31). The molecule has 0 aliphatic heterocycles. The minimum absolute atomic E-state index is 0.849. The average molecular weight is 405 g/mol. The summed E-state index contributed by atoms with van der Waals surface area (Å²) in [5.74, 6) is 0.900. The molecular formula is C27H24N4. The van der Waals surface area contributed by atoms with Crippen LogP contribution >= 0.6 is 0 Å². The first kappa shape index (κ1) is 19.2. The summed E-state index contributed by atoms with van der Waals surface area (Å²) >= 11 is 0. The Morgan fingerprint density at radius 1 is 0.710 bits per heavy atom. The Labute approximate surface area is 182 Å². The molecule has 152 valence electrons. The Morgan fingerprint density at radius 2 is 1.48 bits per heavy atom. The second kappa shape index (κ2) is 8.94. The summed E-state index contributed by atoms with van der Waals surface area (Å²) in [6.07, 6.45) is 4.69. The fourth-order valence-electron chi connectivity index (χ4n) is 3.81. The van der Waals surface area contributed by atoms with Crippen LogP contribution in [0.4, 0.5) is 0 Å². The lowest BCUT2D eigenvalue weighted by Gasteiger charge is -2.09. The van der Waals surface area contributed by atoms with Crippen LogP contribution in [-0.2, 0) is 13.0 Å². The van der Waals surface area contributed by atoms with Crippen LogP contribution in [0.5, 0.6) is 0 Å². The lowest BCUT2D eigenvalue weighted by molar-refractivity contribution is 0.687. The molecule has 2 N–H and O–H groups in total. The molecule has 5 aromatic rings. The highest BCUT2D eigenvalue weighted by atomic mass is 14.9. The molecule has 0 aliphatic rings. The zero-order valence-corrected chi connectivity index (χ0v) is 17.3. The number of pyridine rings is 1. The first-order valence-electron chi connectivity index (χ1n) is 10.6. The van der Waals surface area contributed by atoms with Crippen molar-refractivity contribution in [2.45, 2.75) is 13.0 Å². The maximum Gasteiger partial charge on any atom is 0.138 e. The average Bonchev–Trinajstić information content (AvgIpc) is 3.27. The van der Waals surface area contributed by atoms with E-state index >= 15 is 0 Å². The molecule has 0 atom stereocenters. The molecular weight excluding hydrogens is 380 g/mol. The van der Waals surface area contributed by atoms with Gasteiger partial charge in [-0.3, -0.25) is 4.98 Å². The number of nitrogens with zero attached hydrogens (tertiary/aromatic N) is 2. The number of aromatic amines is 1. The number of para-hydroxylation sites is 2. The molecule has 0 amide bonds.